The molecule has 2 rings (SSSR count). The second kappa shape index (κ2) is 9.16. The first-order chi connectivity index (χ1) is 13.1. The zero-order valence-electron chi connectivity index (χ0n) is 16.8. The summed E-state index contributed by atoms with van der Waals surface area (Å²) < 4.78 is 10.1. The molecular weight excluding hydrogens is 382 g/mol. The van der Waals surface area contributed by atoms with E-state index in [9.17, 15) is 9.59 Å². The number of carbonyl (C=O) groups is 2. The first-order valence-corrected chi connectivity index (χ1v) is 9.47. The van der Waals surface area contributed by atoms with Crippen LogP contribution in [0.4, 0.5) is 9.59 Å². The van der Waals surface area contributed by atoms with Crippen LogP contribution in [0.2, 0.25) is 5.15 Å². The Balaban J connectivity index is 2.18. The van der Waals surface area contributed by atoms with Crippen LogP contribution in [-0.2, 0) is 9.47 Å². The van der Waals surface area contributed by atoms with Gasteiger partial charge in [-0.1, -0.05) is 23.4 Å². The summed E-state index contributed by atoms with van der Waals surface area (Å²) >= 11 is 6.14. The lowest BCUT2D eigenvalue weighted by Crippen LogP contribution is -2.39. The number of rotatable bonds is 4. The van der Waals surface area contributed by atoms with E-state index >= 15 is 0 Å². The van der Waals surface area contributed by atoms with Crippen molar-refractivity contribution >= 4 is 23.8 Å². The quantitative estimate of drug-likeness (QED) is 0.604. The normalized spacial score (nSPS) is 14.4. The number of amides is 2. The topological polar surface area (TPSA) is 80.8 Å². The van der Waals surface area contributed by atoms with Crippen LogP contribution >= 0.6 is 11.6 Å². The van der Waals surface area contributed by atoms with Gasteiger partial charge in [-0.15, -0.1) is 0 Å². The van der Waals surface area contributed by atoms with Gasteiger partial charge in [-0.25, -0.2) is 14.6 Å². The molecule has 1 atom stereocenters. The van der Waals surface area contributed by atoms with Gasteiger partial charge in [-0.05, 0) is 52.2 Å². The van der Waals surface area contributed by atoms with Gasteiger partial charge in [0.1, 0.15) is 10.8 Å². The summed E-state index contributed by atoms with van der Waals surface area (Å²) in [4.78, 5) is 29.7. The highest BCUT2D eigenvalue weighted by Gasteiger charge is 2.38. The van der Waals surface area contributed by atoms with Gasteiger partial charge in [0, 0.05) is 12.2 Å². The summed E-state index contributed by atoms with van der Waals surface area (Å²) in [6.07, 6.45) is 2.66. The molecule has 1 aromatic rings. The molecule has 0 bridgehead atoms. The fourth-order valence-electron chi connectivity index (χ4n) is 2.56. The van der Waals surface area contributed by atoms with Crippen LogP contribution in [-0.4, -0.2) is 47.4 Å². The van der Waals surface area contributed by atoms with Gasteiger partial charge in [0.15, 0.2) is 0 Å². The zero-order valence-corrected chi connectivity index (χ0v) is 17.6. The Kier molecular flexibility index (Phi) is 7.14. The van der Waals surface area contributed by atoms with Gasteiger partial charge in [-0.2, -0.15) is 0 Å². The summed E-state index contributed by atoms with van der Waals surface area (Å²) in [7, 11) is 1.28. The first-order valence-electron chi connectivity index (χ1n) is 9.10. The number of methoxy groups -OCH3 is 1. The van der Waals surface area contributed by atoms with Gasteiger partial charge in [0.25, 0.3) is 0 Å². The summed E-state index contributed by atoms with van der Waals surface area (Å²) in [5.74, 6) is 5.69. The van der Waals surface area contributed by atoms with E-state index in [0.717, 1.165) is 18.4 Å². The average molecular weight is 408 g/mol. The number of nitrogens with zero attached hydrogens (tertiary/aromatic N) is 2. The number of halogens is 1. The molecule has 0 aromatic carbocycles. The van der Waals surface area contributed by atoms with Crippen LogP contribution in [0.15, 0.2) is 12.3 Å². The molecule has 1 heterocycles. The number of ether oxygens (including phenoxy) is 2. The highest BCUT2D eigenvalue weighted by molar-refractivity contribution is 6.30. The molecule has 1 aromatic heterocycles. The Morgan fingerprint density at radius 1 is 1.43 bits per heavy atom. The molecule has 0 spiro atoms. The molecule has 1 saturated carbocycles. The highest BCUT2D eigenvalue weighted by Crippen LogP contribution is 2.36. The van der Waals surface area contributed by atoms with Crippen LogP contribution < -0.4 is 5.32 Å². The number of pyridine rings is 1. The molecule has 1 unspecified atom stereocenters. The number of hydrogen-bond donors (Lipinski definition) is 1. The largest absolute Gasteiger partial charge is 0.453 e. The first kappa shape index (κ1) is 21.8. The summed E-state index contributed by atoms with van der Waals surface area (Å²) in [5.41, 5.74) is 0.774. The van der Waals surface area contributed by atoms with Crippen molar-refractivity contribution in [2.24, 2.45) is 0 Å². The van der Waals surface area contributed by atoms with Crippen molar-refractivity contribution in [1.29, 1.82) is 0 Å². The number of alkyl carbamates (subject to hydrolysis) is 1. The van der Waals surface area contributed by atoms with Crippen molar-refractivity contribution in [3.63, 3.8) is 0 Å². The van der Waals surface area contributed by atoms with Crippen molar-refractivity contribution < 1.29 is 19.1 Å². The van der Waals surface area contributed by atoms with Gasteiger partial charge in [-0.3, -0.25) is 4.90 Å². The monoisotopic (exact) mass is 407 g/mol. The van der Waals surface area contributed by atoms with E-state index < -0.39 is 11.7 Å². The standard InChI is InChI=1S/C20H26ClN3O4/c1-13(24(16-8-9-16)19(26)28-20(2,3)4)15-11-14(17(21)23-12-15)7-6-10-22-18(25)27-5/h11-13,16H,8-10H2,1-5H3,(H,22,25). The smallest absolute Gasteiger partial charge is 0.411 e. The number of nitrogens with one attached hydrogen (secondary N) is 1. The predicted octanol–water partition coefficient (Wildman–Crippen LogP) is 3.90. The molecule has 7 nitrogen and oxygen atoms in total. The van der Waals surface area contributed by atoms with Gasteiger partial charge in [0.2, 0.25) is 0 Å². The van der Waals surface area contributed by atoms with E-state index in [4.69, 9.17) is 16.3 Å². The minimum Gasteiger partial charge on any atom is -0.453 e. The molecule has 2 amide bonds. The number of hydrogen-bond acceptors (Lipinski definition) is 5. The molecule has 8 heteroatoms. The number of carbonyl (C=O) groups excluding carboxylic acids is 2. The van der Waals surface area contributed by atoms with Gasteiger partial charge >= 0.3 is 12.2 Å². The molecule has 28 heavy (non-hydrogen) atoms. The van der Waals surface area contributed by atoms with E-state index in [-0.39, 0.29) is 29.9 Å². The molecule has 1 aliphatic rings. The maximum atomic E-state index is 12.7. The molecule has 1 fully saturated rings. The van der Waals surface area contributed by atoms with Crippen LogP contribution in [0, 0.1) is 11.8 Å². The van der Waals surface area contributed by atoms with Crippen molar-refractivity contribution in [3.05, 3.63) is 28.5 Å². The van der Waals surface area contributed by atoms with E-state index in [2.05, 4.69) is 26.9 Å². The Bertz CT molecular complexity index is 791. The molecule has 1 aliphatic carbocycles. The SMILES string of the molecule is COC(=O)NCC#Cc1cc(C(C)N(C(=O)OC(C)(C)C)C2CC2)cnc1Cl. The molecule has 152 valence electrons. The maximum Gasteiger partial charge on any atom is 0.411 e. The van der Waals surface area contributed by atoms with E-state index in [1.165, 1.54) is 7.11 Å². The second-order valence-electron chi connectivity index (χ2n) is 7.55. The molecule has 0 saturated heterocycles. The van der Waals surface area contributed by atoms with Crippen molar-refractivity contribution in [3.8, 4) is 11.8 Å². The minimum absolute atomic E-state index is 0.120. The lowest BCUT2D eigenvalue weighted by molar-refractivity contribution is 0.0153. The van der Waals surface area contributed by atoms with Gasteiger partial charge in [0.05, 0.1) is 25.3 Å². The Morgan fingerprint density at radius 3 is 2.68 bits per heavy atom. The third-order valence-electron chi connectivity index (χ3n) is 4.03. The number of aromatic nitrogens is 1. The summed E-state index contributed by atoms with van der Waals surface area (Å²) in [5, 5.41) is 2.73. The molecule has 1 N–H and O–H groups in total. The predicted molar refractivity (Wildman–Crippen MR) is 106 cm³/mol. The Labute approximate surface area is 170 Å². The average Bonchev–Trinajstić information content (AvgIpc) is 3.43. The lowest BCUT2D eigenvalue weighted by atomic mass is 10.1. The summed E-state index contributed by atoms with van der Waals surface area (Å²) in [6.45, 7) is 7.60. The Hall–Kier alpha value is -2.46. The van der Waals surface area contributed by atoms with Crippen molar-refractivity contribution in [2.45, 2.75) is 58.2 Å². The molecular formula is C20H26ClN3O4. The van der Waals surface area contributed by atoms with Crippen LogP contribution in [0.25, 0.3) is 0 Å². The van der Waals surface area contributed by atoms with Crippen LogP contribution in [0.5, 0.6) is 0 Å². The Morgan fingerprint density at radius 2 is 2.11 bits per heavy atom. The molecule has 0 aliphatic heterocycles. The zero-order chi connectivity index (χ0) is 20.9. The van der Waals surface area contributed by atoms with Crippen molar-refractivity contribution in [1.82, 2.24) is 15.2 Å². The van der Waals surface area contributed by atoms with Crippen LogP contribution in [0.1, 0.15) is 57.7 Å². The lowest BCUT2D eigenvalue weighted by Gasteiger charge is -2.32. The third-order valence-corrected chi connectivity index (χ3v) is 4.34. The summed E-state index contributed by atoms with van der Waals surface area (Å²) in [6, 6.07) is 1.74. The third kappa shape index (κ3) is 6.31. The minimum atomic E-state index is -0.564. The second-order valence-corrected chi connectivity index (χ2v) is 7.91. The fraction of sp³-hybridized carbons (Fsp3) is 0.550. The van der Waals surface area contributed by atoms with E-state index in [1.54, 1.807) is 11.1 Å². The fourth-order valence-corrected chi connectivity index (χ4v) is 2.71. The molecule has 0 radical (unpaired) electrons. The highest BCUT2D eigenvalue weighted by atomic mass is 35.5. The van der Waals surface area contributed by atoms with Crippen molar-refractivity contribution in [2.75, 3.05) is 13.7 Å². The maximum absolute atomic E-state index is 12.7. The van der Waals surface area contributed by atoms with E-state index in [0.29, 0.717) is 5.56 Å². The van der Waals surface area contributed by atoms with Crippen LogP contribution in [0.3, 0.4) is 0 Å². The van der Waals surface area contributed by atoms with E-state index in [1.807, 2.05) is 33.8 Å². The van der Waals surface area contributed by atoms with Gasteiger partial charge < -0.3 is 14.8 Å².